The molecule has 0 aliphatic carbocycles. The highest BCUT2D eigenvalue weighted by Gasteiger charge is 2.34. The van der Waals surface area contributed by atoms with Crippen LogP contribution in [0.1, 0.15) is 57.1 Å². The standard InChI is InChI=1S/C22H33NO6S/c1-5-6-10-23(18-9-11-30(26,27)15-18)21(24)13-29-22(25)14-28-20-12-17(4)7-8-19(20)16(2)3/h7-8,12,16,18H,5-6,9-11,13-15H2,1-4H3. The SMILES string of the molecule is CCCCN(C(=O)COC(=O)COc1cc(C)ccc1C(C)C)C1CCS(=O)(=O)C1. The highest BCUT2D eigenvalue weighted by molar-refractivity contribution is 7.91. The molecular formula is C22H33NO6S. The van der Waals surface area contributed by atoms with Gasteiger partial charge >= 0.3 is 5.97 Å². The van der Waals surface area contributed by atoms with E-state index in [1.54, 1.807) is 4.90 Å². The van der Waals surface area contributed by atoms with Crippen LogP contribution in [0.2, 0.25) is 0 Å². The number of hydrogen-bond acceptors (Lipinski definition) is 6. The second-order valence-electron chi connectivity index (χ2n) is 8.14. The minimum Gasteiger partial charge on any atom is -0.482 e. The molecule has 0 aromatic heterocycles. The average Bonchev–Trinajstić information content (AvgIpc) is 3.04. The topological polar surface area (TPSA) is 90.0 Å². The molecule has 1 aliphatic rings. The third-order valence-electron chi connectivity index (χ3n) is 5.22. The summed E-state index contributed by atoms with van der Waals surface area (Å²) in [5.74, 6) is -0.0471. The number of esters is 1. The predicted molar refractivity (Wildman–Crippen MR) is 115 cm³/mol. The van der Waals surface area contributed by atoms with Gasteiger partial charge < -0.3 is 14.4 Å². The summed E-state index contributed by atoms with van der Waals surface area (Å²) >= 11 is 0. The maximum atomic E-state index is 12.6. The van der Waals surface area contributed by atoms with Gasteiger partial charge in [-0.15, -0.1) is 0 Å². The zero-order chi connectivity index (χ0) is 22.3. The fourth-order valence-electron chi connectivity index (χ4n) is 3.51. The monoisotopic (exact) mass is 439 g/mol. The molecule has 1 aromatic carbocycles. The maximum Gasteiger partial charge on any atom is 0.344 e. The van der Waals surface area contributed by atoms with Crippen molar-refractivity contribution in [2.24, 2.45) is 0 Å². The first-order chi connectivity index (χ1) is 14.1. The Bertz CT molecular complexity index is 849. The molecule has 0 bridgehead atoms. The Kier molecular flexibility index (Phi) is 8.70. The Balaban J connectivity index is 1.91. The van der Waals surface area contributed by atoms with E-state index >= 15 is 0 Å². The summed E-state index contributed by atoms with van der Waals surface area (Å²) in [6.07, 6.45) is 2.08. The molecule has 1 aromatic rings. The van der Waals surface area contributed by atoms with Gasteiger partial charge in [0, 0.05) is 12.6 Å². The molecule has 1 amide bonds. The molecule has 2 rings (SSSR count). The van der Waals surface area contributed by atoms with Crippen LogP contribution in [0, 0.1) is 6.92 Å². The fraction of sp³-hybridized carbons (Fsp3) is 0.636. The molecular weight excluding hydrogens is 406 g/mol. The van der Waals surface area contributed by atoms with Crippen LogP contribution in [0.4, 0.5) is 0 Å². The summed E-state index contributed by atoms with van der Waals surface area (Å²) in [7, 11) is -3.11. The van der Waals surface area contributed by atoms with Crippen molar-refractivity contribution in [2.45, 2.75) is 58.9 Å². The van der Waals surface area contributed by atoms with E-state index in [9.17, 15) is 18.0 Å². The van der Waals surface area contributed by atoms with Crippen molar-refractivity contribution >= 4 is 21.7 Å². The summed E-state index contributed by atoms with van der Waals surface area (Å²) in [5.41, 5.74) is 2.02. The van der Waals surface area contributed by atoms with E-state index in [2.05, 4.69) is 0 Å². The van der Waals surface area contributed by atoms with Gasteiger partial charge in [-0.1, -0.05) is 39.3 Å². The molecule has 0 N–H and O–H groups in total. The Labute approximate surface area is 179 Å². The molecule has 8 heteroatoms. The quantitative estimate of drug-likeness (QED) is 0.521. The molecule has 1 aliphatic heterocycles. The number of sulfone groups is 1. The van der Waals surface area contributed by atoms with Crippen molar-refractivity contribution in [3.05, 3.63) is 29.3 Å². The van der Waals surface area contributed by atoms with Gasteiger partial charge in [0.15, 0.2) is 23.1 Å². The third kappa shape index (κ3) is 7.00. The number of unbranched alkanes of at least 4 members (excludes halogenated alkanes) is 1. The summed E-state index contributed by atoms with van der Waals surface area (Å²) in [5, 5.41) is 0. The number of rotatable bonds is 10. The van der Waals surface area contributed by atoms with Crippen LogP contribution in [0.3, 0.4) is 0 Å². The summed E-state index contributed by atoms with van der Waals surface area (Å²) < 4.78 is 34.3. The first kappa shape index (κ1) is 24.2. The zero-order valence-electron chi connectivity index (χ0n) is 18.3. The number of amides is 1. The van der Waals surface area contributed by atoms with E-state index in [4.69, 9.17) is 9.47 Å². The van der Waals surface area contributed by atoms with Gasteiger partial charge in [0.2, 0.25) is 0 Å². The number of ether oxygens (including phenoxy) is 2. The molecule has 1 saturated heterocycles. The molecule has 1 heterocycles. The van der Waals surface area contributed by atoms with Crippen LogP contribution in [-0.2, 0) is 24.2 Å². The van der Waals surface area contributed by atoms with E-state index in [0.29, 0.717) is 18.7 Å². The lowest BCUT2D eigenvalue weighted by atomic mass is 10.0. The number of carbonyl (C=O) groups excluding carboxylic acids is 2. The Morgan fingerprint density at radius 2 is 1.97 bits per heavy atom. The van der Waals surface area contributed by atoms with Crippen LogP contribution in [0.5, 0.6) is 5.75 Å². The van der Waals surface area contributed by atoms with Crippen molar-refractivity contribution < 1.29 is 27.5 Å². The average molecular weight is 440 g/mol. The minimum atomic E-state index is -3.11. The van der Waals surface area contributed by atoms with Gasteiger partial charge in [0.25, 0.3) is 5.91 Å². The highest BCUT2D eigenvalue weighted by atomic mass is 32.2. The first-order valence-electron chi connectivity index (χ1n) is 10.5. The molecule has 0 radical (unpaired) electrons. The fourth-order valence-corrected chi connectivity index (χ4v) is 5.24. The van der Waals surface area contributed by atoms with E-state index in [0.717, 1.165) is 24.0 Å². The summed E-state index contributed by atoms with van der Waals surface area (Å²) in [6, 6.07) is 5.50. The number of hydrogen-bond donors (Lipinski definition) is 0. The molecule has 1 unspecified atom stereocenters. The van der Waals surface area contributed by atoms with Crippen LogP contribution in [-0.4, -0.2) is 62.5 Å². The third-order valence-corrected chi connectivity index (χ3v) is 6.97. The van der Waals surface area contributed by atoms with Gasteiger partial charge in [-0.05, 0) is 42.9 Å². The van der Waals surface area contributed by atoms with Crippen molar-refractivity contribution in [3.8, 4) is 5.75 Å². The summed E-state index contributed by atoms with van der Waals surface area (Å²) in [6.45, 7) is 7.80. The first-order valence-corrected chi connectivity index (χ1v) is 12.3. The zero-order valence-corrected chi connectivity index (χ0v) is 19.2. The largest absolute Gasteiger partial charge is 0.482 e. The number of nitrogens with zero attached hydrogens (tertiary/aromatic N) is 1. The van der Waals surface area contributed by atoms with Crippen molar-refractivity contribution in [1.82, 2.24) is 4.90 Å². The second kappa shape index (κ2) is 10.8. The molecule has 0 spiro atoms. The second-order valence-corrected chi connectivity index (χ2v) is 10.4. The molecule has 168 valence electrons. The molecule has 1 fully saturated rings. The van der Waals surface area contributed by atoms with Gasteiger partial charge in [-0.3, -0.25) is 4.79 Å². The molecule has 0 saturated carbocycles. The summed E-state index contributed by atoms with van der Waals surface area (Å²) in [4.78, 5) is 26.3. The van der Waals surface area contributed by atoms with E-state index in [1.807, 2.05) is 45.9 Å². The Morgan fingerprint density at radius 1 is 1.23 bits per heavy atom. The minimum absolute atomic E-state index is 0.0230. The van der Waals surface area contributed by atoms with E-state index < -0.39 is 22.4 Å². The highest BCUT2D eigenvalue weighted by Crippen LogP contribution is 2.27. The van der Waals surface area contributed by atoms with Crippen molar-refractivity contribution in [1.29, 1.82) is 0 Å². The maximum absolute atomic E-state index is 12.6. The molecule has 1 atom stereocenters. The number of carbonyl (C=O) groups is 2. The molecule has 7 nitrogen and oxygen atoms in total. The van der Waals surface area contributed by atoms with E-state index in [1.165, 1.54) is 0 Å². The lowest BCUT2D eigenvalue weighted by molar-refractivity contribution is -0.154. The Morgan fingerprint density at radius 3 is 2.57 bits per heavy atom. The lowest BCUT2D eigenvalue weighted by Crippen LogP contribution is -2.44. The van der Waals surface area contributed by atoms with Crippen LogP contribution >= 0.6 is 0 Å². The van der Waals surface area contributed by atoms with Gasteiger partial charge in [-0.2, -0.15) is 0 Å². The van der Waals surface area contributed by atoms with Crippen LogP contribution < -0.4 is 4.74 Å². The number of benzene rings is 1. The van der Waals surface area contributed by atoms with Gasteiger partial charge in [-0.25, -0.2) is 13.2 Å². The van der Waals surface area contributed by atoms with Crippen molar-refractivity contribution in [3.63, 3.8) is 0 Å². The van der Waals surface area contributed by atoms with Crippen molar-refractivity contribution in [2.75, 3.05) is 31.3 Å². The van der Waals surface area contributed by atoms with E-state index in [-0.39, 0.29) is 36.0 Å². The van der Waals surface area contributed by atoms with Crippen LogP contribution in [0.15, 0.2) is 18.2 Å². The van der Waals surface area contributed by atoms with Crippen LogP contribution in [0.25, 0.3) is 0 Å². The normalized spacial score (nSPS) is 17.7. The molecule has 30 heavy (non-hydrogen) atoms. The lowest BCUT2D eigenvalue weighted by Gasteiger charge is -2.28. The smallest absolute Gasteiger partial charge is 0.344 e. The predicted octanol–water partition coefficient (Wildman–Crippen LogP) is 2.86. The van der Waals surface area contributed by atoms with Gasteiger partial charge in [0.1, 0.15) is 5.75 Å². The Hall–Kier alpha value is -2.09. The van der Waals surface area contributed by atoms with Gasteiger partial charge in [0.05, 0.1) is 11.5 Å². The number of aryl methyl sites for hydroxylation is 1.